The van der Waals surface area contributed by atoms with Crippen molar-refractivity contribution in [3.8, 4) is 5.75 Å². The lowest BCUT2D eigenvalue weighted by Gasteiger charge is -2.26. The molecular formula is C18H18ClF3N2O6S2. The minimum absolute atomic E-state index is 0.0229. The third-order valence-corrected chi connectivity index (χ3v) is 8.19. The predicted molar refractivity (Wildman–Crippen MR) is 110 cm³/mol. The first-order chi connectivity index (χ1) is 14.9. The monoisotopic (exact) mass is 514 g/mol. The molecule has 32 heavy (non-hydrogen) atoms. The molecule has 1 N–H and O–H groups in total. The van der Waals surface area contributed by atoms with E-state index in [2.05, 4.69) is 4.72 Å². The highest BCUT2D eigenvalue weighted by molar-refractivity contribution is 7.92. The van der Waals surface area contributed by atoms with E-state index in [9.17, 15) is 30.0 Å². The number of nitrogens with one attached hydrogen (secondary N) is 1. The fourth-order valence-corrected chi connectivity index (χ4v) is 5.86. The van der Waals surface area contributed by atoms with E-state index in [0.717, 1.165) is 18.2 Å². The molecule has 0 bridgehead atoms. The summed E-state index contributed by atoms with van der Waals surface area (Å²) >= 11 is 5.54. The van der Waals surface area contributed by atoms with Gasteiger partial charge in [0.2, 0.25) is 10.0 Å². The van der Waals surface area contributed by atoms with Crippen molar-refractivity contribution >= 4 is 37.3 Å². The fourth-order valence-electron chi connectivity index (χ4n) is 2.97. The molecule has 0 amide bonds. The number of morpholine rings is 1. The molecule has 1 heterocycles. The molecule has 2 aromatic carbocycles. The Balaban J connectivity index is 1.98. The molecular weight excluding hydrogens is 497 g/mol. The van der Waals surface area contributed by atoms with E-state index in [4.69, 9.17) is 21.1 Å². The average molecular weight is 515 g/mol. The number of halogens is 4. The van der Waals surface area contributed by atoms with Crippen molar-refractivity contribution in [1.29, 1.82) is 0 Å². The lowest BCUT2D eigenvalue weighted by atomic mass is 10.2. The number of anilines is 1. The Morgan fingerprint density at radius 1 is 1.06 bits per heavy atom. The molecule has 0 saturated carbocycles. The summed E-state index contributed by atoms with van der Waals surface area (Å²) in [7, 11) is -7.30. The highest BCUT2D eigenvalue weighted by Crippen LogP contribution is 2.36. The first kappa shape index (κ1) is 24.6. The number of ether oxygens (including phenoxy) is 2. The van der Waals surface area contributed by atoms with Gasteiger partial charge in [-0.2, -0.15) is 17.5 Å². The maximum absolute atomic E-state index is 13.1. The smallest absolute Gasteiger partial charge is 0.417 e. The number of sulfonamides is 2. The normalized spacial score (nSPS) is 16.0. The summed E-state index contributed by atoms with van der Waals surface area (Å²) in [5.74, 6) is -0.0229. The molecule has 14 heteroatoms. The molecule has 3 rings (SSSR count). The van der Waals surface area contributed by atoms with Crippen molar-refractivity contribution in [2.45, 2.75) is 16.0 Å². The minimum Gasteiger partial charge on any atom is -0.495 e. The van der Waals surface area contributed by atoms with Crippen LogP contribution in [0.4, 0.5) is 18.9 Å². The highest BCUT2D eigenvalue weighted by Gasteiger charge is 2.35. The molecule has 2 aromatic rings. The SMILES string of the molecule is COc1ccc(NS(=O)(=O)c2ccc(Cl)c(C(F)(F)F)c2)cc1S(=O)(=O)N1CCOCC1. The van der Waals surface area contributed by atoms with Gasteiger partial charge in [0, 0.05) is 13.1 Å². The van der Waals surface area contributed by atoms with Crippen LogP contribution in [-0.2, 0) is 31.0 Å². The summed E-state index contributed by atoms with van der Waals surface area (Å²) in [5.41, 5.74) is -1.49. The van der Waals surface area contributed by atoms with Crippen LogP contribution in [-0.4, -0.2) is 54.6 Å². The Bertz CT molecular complexity index is 1210. The highest BCUT2D eigenvalue weighted by atomic mass is 35.5. The van der Waals surface area contributed by atoms with Crippen molar-refractivity contribution in [2.75, 3.05) is 38.1 Å². The number of hydrogen-bond acceptors (Lipinski definition) is 6. The number of nitrogens with zero attached hydrogens (tertiary/aromatic N) is 1. The van der Waals surface area contributed by atoms with E-state index in [1.54, 1.807) is 0 Å². The van der Waals surface area contributed by atoms with Crippen LogP contribution in [0, 0.1) is 0 Å². The molecule has 0 aliphatic carbocycles. The number of hydrogen-bond donors (Lipinski definition) is 1. The van der Waals surface area contributed by atoms with Crippen LogP contribution in [0.15, 0.2) is 46.2 Å². The van der Waals surface area contributed by atoms with Crippen LogP contribution in [0.5, 0.6) is 5.75 Å². The molecule has 0 atom stereocenters. The average Bonchev–Trinajstić information content (AvgIpc) is 2.73. The van der Waals surface area contributed by atoms with Gasteiger partial charge in [-0.1, -0.05) is 11.6 Å². The molecule has 1 aliphatic heterocycles. The van der Waals surface area contributed by atoms with Gasteiger partial charge < -0.3 is 9.47 Å². The van der Waals surface area contributed by atoms with Crippen molar-refractivity contribution in [3.05, 3.63) is 47.0 Å². The first-order valence-electron chi connectivity index (χ1n) is 9.02. The second-order valence-electron chi connectivity index (χ2n) is 6.63. The van der Waals surface area contributed by atoms with Crippen LogP contribution in [0.25, 0.3) is 0 Å². The second-order valence-corrected chi connectivity index (χ2v) is 10.6. The Kier molecular flexibility index (Phi) is 6.96. The van der Waals surface area contributed by atoms with Gasteiger partial charge in [-0.15, -0.1) is 0 Å². The maximum Gasteiger partial charge on any atom is 0.417 e. The van der Waals surface area contributed by atoms with Gasteiger partial charge in [-0.3, -0.25) is 4.72 Å². The van der Waals surface area contributed by atoms with Crippen molar-refractivity contribution in [1.82, 2.24) is 4.31 Å². The maximum atomic E-state index is 13.1. The molecule has 0 spiro atoms. The molecule has 0 unspecified atom stereocenters. The number of benzene rings is 2. The minimum atomic E-state index is -4.86. The van der Waals surface area contributed by atoms with Gasteiger partial charge in [0.25, 0.3) is 10.0 Å². The quantitative estimate of drug-likeness (QED) is 0.635. The number of alkyl halides is 3. The summed E-state index contributed by atoms with van der Waals surface area (Å²) in [6, 6.07) is 5.65. The van der Waals surface area contributed by atoms with E-state index in [1.807, 2.05) is 0 Å². The summed E-state index contributed by atoms with van der Waals surface area (Å²) < 4.78 is 104. The zero-order valence-corrected chi connectivity index (χ0v) is 18.9. The largest absolute Gasteiger partial charge is 0.495 e. The van der Waals surface area contributed by atoms with E-state index in [-0.39, 0.29) is 42.6 Å². The molecule has 8 nitrogen and oxygen atoms in total. The lowest BCUT2D eigenvalue weighted by molar-refractivity contribution is -0.137. The molecule has 0 aromatic heterocycles. The molecule has 1 aliphatic rings. The van der Waals surface area contributed by atoms with Crippen molar-refractivity contribution < 1.29 is 39.5 Å². The topological polar surface area (TPSA) is 102 Å². The summed E-state index contributed by atoms with van der Waals surface area (Å²) in [6.07, 6.45) is -4.86. The van der Waals surface area contributed by atoms with Crippen LogP contribution in [0.2, 0.25) is 5.02 Å². The van der Waals surface area contributed by atoms with Crippen LogP contribution in [0.3, 0.4) is 0 Å². The molecule has 176 valence electrons. The van der Waals surface area contributed by atoms with E-state index in [1.165, 1.54) is 23.5 Å². The summed E-state index contributed by atoms with van der Waals surface area (Å²) in [5, 5.41) is -0.653. The number of rotatable bonds is 6. The number of methoxy groups -OCH3 is 1. The van der Waals surface area contributed by atoms with Crippen LogP contribution < -0.4 is 9.46 Å². The van der Waals surface area contributed by atoms with Crippen molar-refractivity contribution in [2.24, 2.45) is 0 Å². The molecule has 1 fully saturated rings. The Morgan fingerprint density at radius 3 is 2.31 bits per heavy atom. The van der Waals surface area contributed by atoms with E-state index < -0.39 is 41.7 Å². The Labute approximate surface area is 188 Å². The lowest BCUT2D eigenvalue weighted by Crippen LogP contribution is -2.40. The van der Waals surface area contributed by atoms with Gasteiger partial charge >= 0.3 is 6.18 Å². The predicted octanol–water partition coefficient (Wildman–Crippen LogP) is 3.19. The van der Waals surface area contributed by atoms with Crippen LogP contribution in [0.1, 0.15) is 5.56 Å². The Morgan fingerprint density at radius 2 is 1.72 bits per heavy atom. The zero-order valence-electron chi connectivity index (χ0n) is 16.5. The summed E-state index contributed by atoms with van der Waals surface area (Å²) in [6.45, 7) is 0.608. The van der Waals surface area contributed by atoms with E-state index >= 15 is 0 Å². The standard InChI is InChI=1S/C18H18ClF3N2O6S2/c1-29-16-5-2-12(10-17(16)32(27,28)24-6-8-30-9-7-24)23-31(25,26)13-3-4-15(19)14(11-13)18(20,21)22/h2-5,10-11,23H,6-9H2,1H3. The first-order valence-corrected chi connectivity index (χ1v) is 12.3. The second kappa shape index (κ2) is 9.06. The third-order valence-electron chi connectivity index (χ3n) is 4.56. The van der Waals surface area contributed by atoms with Crippen LogP contribution >= 0.6 is 11.6 Å². The van der Waals surface area contributed by atoms with Gasteiger partial charge in [0.05, 0.1) is 41.5 Å². The van der Waals surface area contributed by atoms with E-state index in [0.29, 0.717) is 6.07 Å². The fraction of sp³-hybridized carbons (Fsp3) is 0.333. The van der Waals surface area contributed by atoms with Gasteiger partial charge in [0.1, 0.15) is 10.6 Å². The van der Waals surface area contributed by atoms with Gasteiger partial charge in [-0.25, -0.2) is 16.8 Å². The zero-order chi connectivity index (χ0) is 23.7. The third kappa shape index (κ3) is 5.12. The van der Waals surface area contributed by atoms with Crippen molar-refractivity contribution in [3.63, 3.8) is 0 Å². The molecule has 1 saturated heterocycles. The summed E-state index contributed by atoms with van der Waals surface area (Å²) in [4.78, 5) is -0.989. The van der Waals surface area contributed by atoms with Gasteiger partial charge in [0.15, 0.2) is 0 Å². The van der Waals surface area contributed by atoms with Gasteiger partial charge in [-0.05, 0) is 36.4 Å². The Hall–Kier alpha value is -2.06. The molecule has 0 radical (unpaired) electrons.